The van der Waals surface area contributed by atoms with Gasteiger partial charge in [-0.25, -0.2) is 0 Å². The van der Waals surface area contributed by atoms with Crippen LogP contribution in [-0.4, -0.2) is 39.9 Å². The predicted molar refractivity (Wildman–Crippen MR) is 156 cm³/mol. The third-order valence-corrected chi connectivity index (χ3v) is 8.99. The third-order valence-electron chi connectivity index (χ3n) is 8.99. The van der Waals surface area contributed by atoms with Crippen molar-refractivity contribution in [2.24, 2.45) is 29.6 Å². The summed E-state index contributed by atoms with van der Waals surface area (Å²) in [6, 6.07) is 28.3. The van der Waals surface area contributed by atoms with E-state index in [9.17, 15) is 15.3 Å². The summed E-state index contributed by atoms with van der Waals surface area (Å²) >= 11 is 0. The monoisotopic (exact) mass is 565 g/mol. The second-order valence-corrected chi connectivity index (χ2v) is 11.3. The van der Waals surface area contributed by atoms with Gasteiger partial charge < -0.3 is 15.3 Å². The zero-order chi connectivity index (χ0) is 27.7. The summed E-state index contributed by atoms with van der Waals surface area (Å²) in [5.41, 5.74) is 2.45. The molecule has 0 amide bonds. The van der Waals surface area contributed by atoms with Crippen molar-refractivity contribution < 1.29 is 37.0 Å². The van der Waals surface area contributed by atoms with E-state index in [0.717, 1.165) is 46.3 Å². The molecule has 0 saturated heterocycles. The number of hydrogen-bond acceptors (Lipinski definition) is 4. The molecule has 4 nitrogen and oxygen atoms in total. The normalized spacial score (nSPS) is 24.7. The first-order valence-corrected chi connectivity index (χ1v) is 14.1. The van der Waals surface area contributed by atoms with E-state index >= 15 is 0 Å². The van der Waals surface area contributed by atoms with E-state index in [-0.39, 0.29) is 21.7 Å². The van der Waals surface area contributed by atoms with Gasteiger partial charge in [-0.2, -0.15) is 0 Å². The van der Waals surface area contributed by atoms with Gasteiger partial charge in [0.1, 0.15) is 0 Å². The summed E-state index contributed by atoms with van der Waals surface area (Å²) in [5.74, 6) is 4.68. The minimum atomic E-state index is -0.702. The number of aliphatic hydroxyl groups is 3. The van der Waals surface area contributed by atoms with Gasteiger partial charge in [-0.05, 0) is 46.3 Å². The fourth-order valence-corrected chi connectivity index (χ4v) is 5.69. The van der Waals surface area contributed by atoms with Crippen LogP contribution >= 0.6 is 0 Å². The Labute approximate surface area is 251 Å². The summed E-state index contributed by atoms with van der Waals surface area (Å²) in [5, 5.41) is 32.0. The molecular weight excluding hydrogens is 518 g/mol. The minimum absolute atomic E-state index is 0. The van der Waals surface area contributed by atoms with E-state index in [1.165, 1.54) is 0 Å². The van der Waals surface area contributed by atoms with Gasteiger partial charge in [-0.3, -0.25) is 4.90 Å². The third kappa shape index (κ3) is 9.67. The number of rotatable bonds is 9. The fraction of sp³-hybridized carbons (Fsp3) is 0.471. The van der Waals surface area contributed by atoms with E-state index in [1.54, 1.807) is 0 Å². The molecule has 5 heteroatoms. The molecule has 0 aliphatic heterocycles. The van der Waals surface area contributed by atoms with Gasteiger partial charge in [0.25, 0.3) is 0 Å². The maximum Gasteiger partial charge on any atom is 0.0916 e. The molecule has 210 valence electrons. The number of hydrogen-bond donors (Lipinski definition) is 3. The minimum Gasteiger partial charge on any atom is -0.387 e. The summed E-state index contributed by atoms with van der Waals surface area (Å²) in [6.07, 6.45) is -2.11. The van der Waals surface area contributed by atoms with E-state index in [2.05, 4.69) is 34.6 Å². The Hall–Kier alpha value is -1.79. The van der Waals surface area contributed by atoms with Crippen molar-refractivity contribution in [3.63, 3.8) is 0 Å². The van der Waals surface area contributed by atoms with Crippen molar-refractivity contribution in [2.45, 2.75) is 52.9 Å². The number of aliphatic hydroxyl groups excluding tert-OH is 3. The SMILES string of the molecule is CC1C(C)C(C)C(C)C1C.O[C@@H](CN(C[C@H](O)c1ccccc1)C[C@H](O)c1ccccc1)c1ccccc1.[Ti]. The molecule has 3 aromatic carbocycles. The Kier molecular flexibility index (Phi) is 14.1. The number of benzene rings is 3. The molecule has 1 saturated carbocycles. The molecule has 1 fully saturated rings. The molecule has 1 aliphatic rings. The van der Waals surface area contributed by atoms with Gasteiger partial charge in [0.2, 0.25) is 0 Å². The maximum absolute atomic E-state index is 10.7. The van der Waals surface area contributed by atoms with Crippen molar-refractivity contribution in [3.8, 4) is 0 Å². The Morgan fingerprint density at radius 3 is 0.872 bits per heavy atom. The van der Waals surface area contributed by atoms with Crippen LogP contribution in [0.4, 0.5) is 0 Å². The van der Waals surface area contributed by atoms with Gasteiger partial charge >= 0.3 is 0 Å². The summed E-state index contributed by atoms with van der Waals surface area (Å²) in [6.45, 7) is 12.9. The van der Waals surface area contributed by atoms with Crippen LogP contribution in [0.5, 0.6) is 0 Å². The Morgan fingerprint density at radius 2 is 0.667 bits per heavy atom. The standard InChI is InChI=1S/C24H27NO3.C10H20.Ti/c26-22(19-10-4-1-5-11-19)16-25(17-23(27)20-12-6-2-7-13-20)18-24(28)21-14-8-3-9-15-21;1-6-7(2)9(4)10(5)8(6)3;/h1-15,22-24,26-28H,16-18H2;6-10H,1-5H3;/t22-,23-,24-;;/m0../s1. The van der Waals surface area contributed by atoms with Crippen molar-refractivity contribution in [1.82, 2.24) is 4.90 Å². The first kappa shape index (κ1) is 33.4. The zero-order valence-corrected chi connectivity index (χ0v) is 25.8. The second kappa shape index (κ2) is 16.5. The molecule has 0 unspecified atom stereocenters. The van der Waals surface area contributed by atoms with Gasteiger partial charge in [-0.15, -0.1) is 0 Å². The molecule has 39 heavy (non-hydrogen) atoms. The predicted octanol–water partition coefficient (Wildman–Crippen LogP) is 6.67. The molecule has 3 N–H and O–H groups in total. The second-order valence-electron chi connectivity index (χ2n) is 11.3. The van der Waals surface area contributed by atoms with Gasteiger partial charge in [0.15, 0.2) is 0 Å². The van der Waals surface area contributed by atoms with Gasteiger partial charge in [-0.1, -0.05) is 126 Å². The average molecular weight is 566 g/mol. The van der Waals surface area contributed by atoms with E-state index in [1.807, 2.05) is 95.9 Å². The molecule has 0 aromatic heterocycles. The van der Waals surface area contributed by atoms with Crippen LogP contribution in [-0.2, 0) is 21.7 Å². The molecule has 4 rings (SSSR count). The summed E-state index contributed by atoms with van der Waals surface area (Å²) in [7, 11) is 0. The van der Waals surface area contributed by atoms with E-state index in [0.29, 0.717) is 19.6 Å². The molecular formula is C34H47NO3Ti. The van der Waals surface area contributed by atoms with Crippen LogP contribution in [0.15, 0.2) is 91.0 Å². The van der Waals surface area contributed by atoms with E-state index in [4.69, 9.17) is 0 Å². The first-order valence-electron chi connectivity index (χ1n) is 14.1. The van der Waals surface area contributed by atoms with Gasteiger partial charge in [0, 0.05) is 41.4 Å². The molecule has 0 bridgehead atoms. The summed E-state index contributed by atoms with van der Waals surface area (Å²) < 4.78 is 0. The van der Waals surface area contributed by atoms with Crippen molar-refractivity contribution in [3.05, 3.63) is 108 Å². The van der Waals surface area contributed by atoms with Crippen LogP contribution in [0.25, 0.3) is 0 Å². The zero-order valence-electron chi connectivity index (χ0n) is 24.2. The molecule has 0 radical (unpaired) electrons. The molecule has 3 atom stereocenters. The average Bonchev–Trinajstić information content (AvgIpc) is 3.12. The van der Waals surface area contributed by atoms with Crippen LogP contribution in [0.3, 0.4) is 0 Å². The van der Waals surface area contributed by atoms with Crippen LogP contribution in [0.2, 0.25) is 0 Å². The Balaban J connectivity index is 0.000000410. The smallest absolute Gasteiger partial charge is 0.0916 e. The van der Waals surface area contributed by atoms with Crippen molar-refractivity contribution >= 4 is 0 Å². The quantitative estimate of drug-likeness (QED) is 0.254. The molecule has 0 spiro atoms. The van der Waals surface area contributed by atoms with E-state index < -0.39 is 18.3 Å². The van der Waals surface area contributed by atoms with Crippen molar-refractivity contribution in [1.29, 1.82) is 0 Å². The first-order chi connectivity index (χ1) is 18.2. The topological polar surface area (TPSA) is 63.9 Å². The summed E-state index contributed by atoms with van der Waals surface area (Å²) in [4.78, 5) is 1.91. The Morgan fingerprint density at radius 1 is 0.462 bits per heavy atom. The maximum atomic E-state index is 10.7. The molecule has 1 aliphatic carbocycles. The largest absolute Gasteiger partial charge is 0.387 e. The van der Waals surface area contributed by atoms with Gasteiger partial charge in [0.05, 0.1) is 18.3 Å². The number of nitrogens with zero attached hydrogens (tertiary/aromatic N) is 1. The molecule has 3 aromatic rings. The van der Waals surface area contributed by atoms with Crippen molar-refractivity contribution in [2.75, 3.05) is 19.6 Å². The fourth-order valence-electron chi connectivity index (χ4n) is 5.69. The molecule has 0 heterocycles. The van der Waals surface area contributed by atoms with Crippen LogP contribution in [0.1, 0.15) is 69.6 Å². The van der Waals surface area contributed by atoms with Crippen LogP contribution in [0, 0.1) is 29.6 Å². The Bertz CT molecular complexity index is 894. The van der Waals surface area contributed by atoms with Crippen LogP contribution < -0.4 is 0 Å².